The van der Waals surface area contributed by atoms with Gasteiger partial charge in [-0.3, -0.25) is 4.72 Å². The van der Waals surface area contributed by atoms with Gasteiger partial charge in [-0.2, -0.15) is 0 Å². The molecule has 0 amide bonds. The summed E-state index contributed by atoms with van der Waals surface area (Å²) >= 11 is 0. The lowest BCUT2D eigenvalue weighted by atomic mass is 10.1. The van der Waals surface area contributed by atoms with E-state index in [1.165, 1.54) is 31.2 Å². The minimum absolute atomic E-state index is 0.237. The summed E-state index contributed by atoms with van der Waals surface area (Å²) in [7, 11) is -2.08. The predicted octanol–water partition coefficient (Wildman–Crippen LogP) is 4.03. The molecule has 1 aliphatic rings. The van der Waals surface area contributed by atoms with Crippen LogP contribution in [0.25, 0.3) is 0 Å². The molecule has 2 aromatic rings. The summed E-state index contributed by atoms with van der Waals surface area (Å²) in [6.45, 7) is 5.56. The van der Waals surface area contributed by atoms with E-state index in [0.717, 1.165) is 38.3 Å². The Morgan fingerprint density at radius 3 is 2.43 bits per heavy atom. The van der Waals surface area contributed by atoms with Gasteiger partial charge in [0.05, 0.1) is 17.7 Å². The molecule has 6 nitrogen and oxygen atoms in total. The fourth-order valence-electron chi connectivity index (χ4n) is 3.70. The Morgan fingerprint density at radius 2 is 1.77 bits per heavy atom. The Morgan fingerprint density at radius 1 is 1.03 bits per heavy atom. The van der Waals surface area contributed by atoms with Crippen LogP contribution in [0.4, 0.5) is 11.4 Å². The normalized spacial score (nSPS) is 14.5. The number of benzene rings is 2. The Labute approximate surface area is 180 Å². The van der Waals surface area contributed by atoms with E-state index >= 15 is 0 Å². The number of aryl methyl sites for hydroxylation is 1. The first kappa shape index (κ1) is 22.4. The van der Waals surface area contributed by atoms with Gasteiger partial charge in [-0.05, 0) is 48.7 Å². The third-order valence-electron chi connectivity index (χ3n) is 5.44. The molecule has 0 aliphatic carbocycles. The zero-order chi connectivity index (χ0) is 21.4. The van der Waals surface area contributed by atoms with Crippen molar-refractivity contribution in [3.8, 4) is 5.75 Å². The molecule has 0 saturated carbocycles. The van der Waals surface area contributed by atoms with Crippen LogP contribution in [0.3, 0.4) is 0 Å². The van der Waals surface area contributed by atoms with Crippen LogP contribution in [-0.4, -0.2) is 41.7 Å². The molecular weight excluding hydrogens is 398 g/mol. The van der Waals surface area contributed by atoms with E-state index in [1.807, 2.05) is 24.3 Å². The summed E-state index contributed by atoms with van der Waals surface area (Å²) < 4.78 is 34.1. The molecule has 1 fully saturated rings. The average Bonchev–Trinajstić information content (AvgIpc) is 2.78. The Bertz CT molecular complexity index is 908. The minimum Gasteiger partial charge on any atom is -0.495 e. The summed E-state index contributed by atoms with van der Waals surface area (Å²) in [6, 6.07) is 12.7. The SMILES string of the molecule is CCCCCCc1ccc(NS(=O)(=O)c2ccc(OC)c(N3CCNCC3)c2)cc1. The monoisotopic (exact) mass is 431 g/mol. The molecule has 0 spiro atoms. The molecule has 0 atom stereocenters. The van der Waals surface area contributed by atoms with Gasteiger partial charge in [-0.15, -0.1) is 0 Å². The van der Waals surface area contributed by atoms with Gasteiger partial charge in [-0.25, -0.2) is 8.42 Å². The molecule has 1 heterocycles. The van der Waals surface area contributed by atoms with Crippen molar-refractivity contribution in [3.63, 3.8) is 0 Å². The van der Waals surface area contributed by atoms with E-state index in [-0.39, 0.29) is 4.90 Å². The standard InChI is InChI=1S/C23H33N3O3S/c1-3-4-5-6-7-19-8-10-20(11-9-19)25-30(27,28)21-12-13-23(29-2)22(18-21)26-16-14-24-15-17-26/h8-13,18,24-25H,3-7,14-17H2,1-2H3. The first-order valence-electron chi connectivity index (χ1n) is 10.8. The first-order valence-corrected chi connectivity index (χ1v) is 12.3. The minimum atomic E-state index is -3.68. The fourth-order valence-corrected chi connectivity index (χ4v) is 4.78. The highest BCUT2D eigenvalue weighted by Gasteiger charge is 2.20. The summed E-state index contributed by atoms with van der Waals surface area (Å²) in [5, 5.41) is 3.31. The lowest BCUT2D eigenvalue weighted by Crippen LogP contribution is -2.43. The molecule has 0 radical (unpaired) electrons. The molecule has 2 aromatic carbocycles. The Kier molecular flexibility index (Phi) is 7.99. The highest BCUT2D eigenvalue weighted by atomic mass is 32.2. The molecule has 0 bridgehead atoms. The summed E-state index contributed by atoms with van der Waals surface area (Å²) in [4.78, 5) is 2.39. The number of ether oxygens (including phenoxy) is 1. The van der Waals surface area contributed by atoms with Crippen molar-refractivity contribution in [3.05, 3.63) is 48.0 Å². The van der Waals surface area contributed by atoms with Crippen LogP contribution in [0.5, 0.6) is 5.75 Å². The van der Waals surface area contributed by atoms with Crippen LogP contribution in [0, 0.1) is 0 Å². The second-order valence-electron chi connectivity index (χ2n) is 7.68. The summed E-state index contributed by atoms with van der Waals surface area (Å²) in [5.41, 5.74) is 2.62. The fraction of sp³-hybridized carbons (Fsp3) is 0.478. The second-order valence-corrected chi connectivity index (χ2v) is 9.37. The zero-order valence-electron chi connectivity index (χ0n) is 18.0. The predicted molar refractivity (Wildman–Crippen MR) is 123 cm³/mol. The smallest absolute Gasteiger partial charge is 0.261 e. The number of hydrogen-bond acceptors (Lipinski definition) is 5. The number of hydrogen-bond donors (Lipinski definition) is 2. The number of piperazine rings is 1. The number of methoxy groups -OCH3 is 1. The Hall–Kier alpha value is -2.25. The van der Waals surface area contributed by atoms with Crippen molar-refractivity contribution in [2.24, 2.45) is 0 Å². The number of nitrogens with zero attached hydrogens (tertiary/aromatic N) is 1. The van der Waals surface area contributed by atoms with Gasteiger partial charge in [0.1, 0.15) is 5.75 Å². The van der Waals surface area contributed by atoms with Crippen molar-refractivity contribution >= 4 is 21.4 Å². The van der Waals surface area contributed by atoms with Gasteiger partial charge >= 0.3 is 0 Å². The van der Waals surface area contributed by atoms with Crippen molar-refractivity contribution in [2.75, 3.05) is 42.9 Å². The van der Waals surface area contributed by atoms with E-state index < -0.39 is 10.0 Å². The molecule has 1 saturated heterocycles. The van der Waals surface area contributed by atoms with Gasteiger partial charge in [0.25, 0.3) is 10.0 Å². The van der Waals surface area contributed by atoms with Crippen LogP contribution < -0.4 is 19.7 Å². The van der Waals surface area contributed by atoms with Crippen molar-refractivity contribution in [2.45, 2.75) is 43.9 Å². The highest BCUT2D eigenvalue weighted by Crippen LogP contribution is 2.32. The highest BCUT2D eigenvalue weighted by molar-refractivity contribution is 7.92. The lowest BCUT2D eigenvalue weighted by molar-refractivity contribution is 0.412. The van der Waals surface area contributed by atoms with E-state index in [4.69, 9.17) is 4.74 Å². The molecular formula is C23H33N3O3S. The van der Waals surface area contributed by atoms with E-state index in [2.05, 4.69) is 21.9 Å². The topological polar surface area (TPSA) is 70.7 Å². The summed E-state index contributed by atoms with van der Waals surface area (Å²) in [5.74, 6) is 0.684. The molecule has 30 heavy (non-hydrogen) atoms. The number of nitrogens with one attached hydrogen (secondary N) is 2. The molecule has 1 aliphatic heterocycles. The second kappa shape index (κ2) is 10.7. The van der Waals surface area contributed by atoms with Crippen molar-refractivity contribution in [1.82, 2.24) is 5.32 Å². The largest absolute Gasteiger partial charge is 0.495 e. The van der Waals surface area contributed by atoms with Crippen LogP contribution in [0.15, 0.2) is 47.4 Å². The maximum Gasteiger partial charge on any atom is 0.261 e. The van der Waals surface area contributed by atoms with Crippen LogP contribution >= 0.6 is 0 Å². The third-order valence-corrected chi connectivity index (χ3v) is 6.82. The number of sulfonamides is 1. The first-order chi connectivity index (χ1) is 14.5. The van der Waals surface area contributed by atoms with Gasteiger partial charge in [0.2, 0.25) is 0 Å². The molecule has 0 aromatic heterocycles. The summed E-state index contributed by atoms with van der Waals surface area (Å²) in [6.07, 6.45) is 5.91. The Balaban J connectivity index is 1.72. The molecule has 3 rings (SSSR count). The zero-order valence-corrected chi connectivity index (χ0v) is 18.8. The van der Waals surface area contributed by atoms with Crippen LogP contribution in [0.2, 0.25) is 0 Å². The van der Waals surface area contributed by atoms with Gasteiger partial charge < -0.3 is 15.0 Å². The maximum atomic E-state index is 13.0. The van der Waals surface area contributed by atoms with E-state index in [9.17, 15) is 8.42 Å². The van der Waals surface area contributed by atoms with Crippen LogP contribution in [-0.2, 0) is 16.4 Å². The van der Waals surface area contributed by atoms with Gasteiger partial charge in [-0.1, -0.05) is 38.3 Å². The van der Waals surface area contributed by atoms with E-state index in [0.29, 0.717) is 11.4 Å². The number of anilines is 2. The van der Waals surface area contributed by atoms with Gasteiger partial charge in [0, 0.05) is 31.9 Å². The molecule has 0 unspecified atom stereocenters. The van der Waals surface area contributed by atoms with Crippen molar-refractivity contribution < 1.29 is 13.2 Å². The molecule has 2 N–H and O–H groups in total. The number of unbranched alkanes of at least 4 members (excludes halogenated alkanes) is 3. The van der Waals surface area contributed by atoms with Gasteiger partial charge in [0.15, 0.2) is 0 Å². The number of rotatable bonds is 10. The quantitative estimate of drug-likeness (QED) is 0.556. The molecule has 7 heteroatoms. The maximum absolute atomic E-state index is 13.0. The third kappa shape index (κ3) is 5.89. The lowest BCUT2D eigenvalue weighted by Gasteiger charge is -2.30. The van der Waals surface area contributed by atoms with Crippen molar-refractivity contribution in [1.29, 1.82) is 0 Å². The van der Waals surface area contributed by atoms with E-state index in [1.54, 1.807) is 25.3 Å². The molecule has 164 valence electrons. The van der Waals surface area contributed by atoms with Crippen LogP contribution in [0.1, 0.15) is 38.2 Å². The average molecular weight is 432 g/mol.